The fourth-order valence-corrected chi connectivity index (χ4v) is 1.86. The van der Waals surface area contributed by atoms with Crippen LogP contribution in [0.2, 0.25) is 0 Å². The Balaban J connectivity index is 4.00. The first kappa shape index (κ1) is 17.4. The number of carbonyl (C=O) groups is 1. The highest BCUT2D eigenvalue weighted by molar-refractivity contribution is 5.81. The molecule has 0 aromatic rings. The molecule has 0 saturated carbocycles. The van der Waals surface area contributed by atoms with Gasteiger partial charge in [-0.1, -0.05) is 27.2 Å². The second kappa shape index (κ2) is 10.3. The van der Waals surface area contributed by atoms with Crippen molar-refractivity contribution >= 4 is 5.91 Å². The Kier molecular flexibility index (Phi) is 9.98. The van der Waals surface area contributed by atoms with Gasteiger partial charge in [-0.25, -0.2) is 0 Å². The third-order valence-electron chi connectivity index (χ3n) is 3.36. The molecular weight excluding hydrogens is 228 g/mol. The molecule has 0 saturated heterocycles. The Morgan fingerprint density at radius 3 is 2.39 bits per heavy atom. The minimum absolute atomic E-state index is 0.0506. The molecule has 0 fully saturated rings. The van der Waals surface area contributed by atoms with E-state index in [9.17, 15) is 4.79 Å². The summed E-state index contributed by atoms with van der Waals surface area (Å²) >= 11 is 0. The van der Waals surface area contributed by atoms with Crippen LogP contribution < -0.4 is 10.6 Å². The first-order valence-corrected chi connectivity index (χ1v) is 7.07. The molecule has 0 radical (unpaired) electrons. The molecular formula is C14H30N2O2. The van der Waals surface area contributed by atoms with E-state index in [2.05, 4.69) is 31.4 Å². The number of hydrogen-bond donors (Lipinski definition) is 2. The van der Waals surface area contributed by atoms with E-state index < -0.39 is 0 Å². The summed E-state index contributed by atoms with van der Waals surface area (Å²) in [5.41, 5.74) is 0. The van der Waals surface area contributed by atoms with Crippen LogP contribution in [0, 0.1) is 5.92 Å². The Hall–Kier alpha value is -0.610. The lowest BCUT2D eigenvalue weighted by atomic mass is 9.97. The summed E-state index contributed by atoms with van der Waals surface area (Å²) in [6.45, 7) is 9.68. The van der Waals surface area contributed by atoms with Crippen molar-refractivity contribution in [2.45, 2.75) is 59.0 Å². The molecule has 3 unspecified atom stereocenters. The van der Waals surface area contributed by atoms with Crippen molar-refractivity contribution in [3.8, 4) is 0 Å². The van der Waals surface area contributed by atoms with E-state index in [0.717, 1.165) is 12.8 Å². The van der Waals surface area contributed by atoms with Crippen molar-refractivity contribution in [3.63, 3.8) is 0 Å². The zero-order valence-corrected chi connectivity index (χ0v) is 12.6. The van der Waals surface area contributed by atoms with Crippen molar-refractivity contribution in [2.75, 3.05) is 20.3 Å². The monoisotopic (exact) mass is 258 g/mol. The molecule has 0 aromatic heterocycles. The smallest absolute Gasteiger partial charge is 0.236 e. The normalized spacial score (nSPS) is 16.1. The molecule has 0 aliphatic carbocycles. The van der Waals surface area contributed by atoms with Crippen LogP contribution in [0.3, 0.4) is 0 Å². The molecule has 0 spiro atoms. The van der Waals surface area contributed by atoms with Gasteiger partial charge >= 0.3 is 0 Å². The highest BCUT2D eigenvalue weighted by Crippen LogP contribution is 2.12. The van der Waals surface area contributed by atoms with Crippen molar-refractivity contribution < 1.29 is 9.53 Å². The minimum Gasteiger partial charge on any atom is -0.383 e. The van der Waals surface area contributed by atoms with Gasteiger partial charge in [0.2, 0.25) is 5.91 Å². The Labute approximate surface area is 112 Å². The van der Waals surface area contributed by atoms with E-state index in [4.69, 9.17) is 4.74 Å². The Bertz CT molecular complexity index is 222. The van der Waals surface area contributed by atoms with Gasteiger partial charge < -0.3 is 15.4 Å². The van der Waals surface area contributed by atoms with Gasteiger partial charge in [0.1, 0.15) is 0 Å². The number of nitrogens with one attached hydrogen (secondary N) is 2. The molecule has 18 heavy (non-hydrogen) atoms. The molecule has 0 rings (SSSR count). The summed E-state index contributed by atoms with van der Waals surface area (Å²) in [6, 6.07) is 0.277. The summed E-state index contributed by atoms with van der Waals surface area (Å²) in [5.74, 6) is 0.751. The molecule has 4 nitrogen and oxygen atoms in total. The van der Waals surface area contributed by atoms with Crippen LogP contribution in [-0.4, -0.2) is 38.3 Å². The van der Waals surface area contributed by atoms with E-state index in [1.54, 1.807) is 7.11 Å². The maximum Gasteiger partial charge on any atom is 0.236 e. The fraction of sp³-hybridized carbons (Fsp3) is 0.929. The Morgan fingerprint density at radius 1 is 1.22 bits per heavy atom. The van der Waals surface area contributed by atoms with Gasteiger partial charge in [0.15, 0.2) is 0 Å². The zero-order valence-electron chi connectivity index (χ0n) is 12.6. The molecule has 0 heterocycles. The van der Waals surface area contributed by atoms with Crippen LogP contribution in [0.5, 0.6) is 0 Å². The molecule has 4 heteroatoms. The maximum atomic E-state index is 11.8. The highest BCUT2D eigenvalue weighted by atomic mass is 16.5. The highest BCUT2D eigenvalue weighted by Gasteiger charge is 2.17. The third-order valence-corrected chi connectivity index (χ3v) is 3.36. The largest absolute Gasteiger partial charge is 0.383 e. The first-order valence-electron chi connectivity index (χ1n) is 7.07. The predicted molar refractivity (Wildman–Crippen MR) is 75.6 cm³/mol. The van der Waals surface area contributed by atoms with Crippen molar-refractivity contribution in [1.82, 2.24) is 10.6 Å². The van der Waals surface area contributed by atoms with Crippen LogP contribution >= 0.6 is 0 Å². The standard InChI is InChI=1S/C14H30N2O2/c1-6-11(3)10-13(7-2)16-12(4)14(17)15-8-9-18-5/h11-13,16H,6-10H2,1-5H3,(H,15,17). The minimum atomic E-state index is -0.143. The van der Waals surface area contributed by atoms with Gasteiger partial charge in [0.25, 0.3) is 0 Å². The molecule has 0 bridgehead atoms. The first-order chi connectivity index (χ1) is 8.54. The lowest BCUT2D eigenvalue weighted by Gasteiger charge is -2.24. The molecule has 0 aromatic carbocycles. The second-order valence-corrected chi connectivity index (χ2v) is 5.03. The SMILES string of the molecule is CCC(C)CC(CC)NC(C)C(=O)NCCOC. The van der Waals surface area contributed by atoms with Gasteiger partial charge in [-0.05, 0) is 25.7 Å². The van der Waals surface area contributed by atoms with Crippen LogP contribution in [-0.2, 0) is 9.53 Å². The number of amides is 1. The van der Waals surface area contributed by atoms with Crippen molar-refractivity contribution in [3.05, 3.63) is 0 Å². The topological polar surface area (TPSA) is 50.4 Å². The summed E-state index contributed by atoms with van der Waals surface area (Å²) in [4.78, 5) is 11.8. The summed E-state index contributed by atoms with van der Waals surface area (Å²) in [7, 11) is 1.63. The van der Waals surface area contributed by atoms with Crippen LogP contribution in [0.25, 0.3) is 0 Å². The lowest BCUT2D eigenvalue weighted by molar-refractivity contribution is -0.123. The van der Waals surface area contributed by atoms with E-state index in [1.807, 2.05) is 6.92 Å². The fourth-order valence-electron chi connectivity index (χ4n) is 1.86. The Morgan fingerprint density at radius 2 is 1.89 bits per heavy atom. The number of ether oxygens (including phenoxy) is 1. The molecule has 3 atom stereocenters. The summed E-state index contributed by atoms with van der Waals surface area (Å²) in [6.07, 6.45) is 3.37. The van der Waals surface area contributed by atoms with Crippen molar-refractivity contribution in [1.29, 1.82) is 0 Å². The average Bonchev–Trinajstić information content (AvgIpc) is 2.37. The number of hydrogen-bond acceptors (Lipinski definition) is 3. The molecule has 2 N–H and O–H groups in total. The second-order valence-electron chi connectivity index (χ2n) is 5.03. The van der Waals surface area contributed by atoms with Gasteiger partial charge in [-0.15, -0.1) is 0 Å². The van der Waals surface area contributed by atoms with E-state index in [1.165, 1.54) is 6.42 Å². The van der Waals surface area contributed by atoms with Crippen LogP contribution in [0.1, 0.15) is 47.0 Å². The number of rotatable bonds is 10. The third kappa shape index (κ3) is 7.67. The van der Waals surface area contributed by atoms with Gasteiger partial charge in [0, 0.05) is 19.7 Å². The average molecular weight is 258 g/mol. The number of methoxy groups -OCH3 is 1. The molecule has 1 amide bonds. The predicted octanol–water partition coefficient (Wildman–Crippen LogP) is 1.94. The summed E-state index contributed by atoms with van der Waals surface area (Å²) < 4.78 is 4.91. The quantitative estimate of drug-likeness (QED) is 0.589. The van der Waals surface area contributed by atoms with Crippen LogP contribution in [0.4, 0.5) is 0 Å². The lowest BCUT2D eigenvalue weighted by Crippen LogP contribution is -2.47. The van der Waals surface area contributed by atoms with Gasteiger partial charge in [0.05, 0.1) is 12.6 Å². The van der Waals surface area contributed by atoms with Gasteiger partial charge in [-0.2, -0.15) is 0 Å². The van der Waals surface area contributed by atoms with E-state index in [0.29, 0.717) is 25.1 Å². The molecule has 0 aliphatic heterocycles. The molecule has 0 aliphatic rings. The number of carbonyl (C=O) groups excluding carboxylic acids is 1. The van der Waals surface area contributed by atoms with E-state index >= 15 is 0 Å². The maximum absolute atomic E-state index is 11.8. The van der Waals surface area contributed by atoms with E-state index in [-0.39, 0.29) is 11.9 Å². The van der Waals surface area contributed by atoms with Crippen molar-refractivity contribution in [2.24, 2.45) is 5.92 Å². The van der Waals surface area contributed by atoms with Crippen LogP contribution in [0.15, 0.2) is 0 Å². The summed E-state index contributed by atoms with van der Waals surface area (Å²) in [5, 5.41) is 6.26. The van der Waals surface area contributed by atoms with Gasteiger partial charge in [-0.3, -0.25) is 4.79 Å². The molecule has 108 valence electrons. The zero-order chi connectivity index (χ0) is 14.0.